The fraction of sp³-hybridized carbons (Fsp3) is 0.800. The summed E-state index contributed by atoms with van der Waals surface area (Å²) in [7, 11) is 0. The van der Waals surface area contributed by atoms with Crippen molar-refractivity contribution in [2.45, 2.75) is 80.1 Å². The quantitative estimate of drug-likeness (QED) is 0.357. The van der Waals surface area contributed by atoms with Crippen LogP contribution in [0, 0.1) is 17.8 Å². The maximum absolute atomic E-state index is 2.52. The molecule has 3 unspecified atom stereocenters. The highest BCUT2D eigenvalue weighted by molar-refractivity contribution is 8.02. The second-order valence-corrected chi connectivity index (χ2v) is 7.27. The van der Waals surface area contributed by atoms with E-state index < -0.39 is 0 Å². The van der Waals surface area contributed by atoms with Gasteiger partial charge in [0.1, 0.15) is 0 Å². The summed E-state index contributed by atoms with van der Waals surface area (Å²) in [5.74, 6) is 2.20. The van der Waals surface area contributed by atoms with Crippen molar-refractivity contribution < 1.29 is 0 Å². The normalized spacial score (nSPS) is 17.7. The number of hydrogen-bond donors (Lipinski definition) is 0. The molecule has 0 heterocycles. The van der Waals surface area contributed by atoms with Crippen LogP contribution in [0.1, 0.15) is 80.1 Å². The highest BCUT2D eigenvalue weighted by atomic mass is 32.2. The molecule has 1 heteroatoms. The van der Waals surface area contributed by atoms with Crippen LogP contribution >= 0.6 is 11.8 Å². The molecule has 21 heavy (non-hydrogen) atoms. The minimum absolute atomic E-state index is 0.654. The van der Waals surface area contributed by atoms with Gasteiger partial charge in [-0.3, -0.25) is 0 Å². The molecule has 0 rings (SSSR count). The summed E-state index contributed by atoms with van der Waals surface area (Å²) < 4.78 is 0. The SMILES string of the molecule is CCCC(/C=C\C(C)CC(C)CC)/C(CC)=C(\CC)SC. The Morgan fingerprint density at radius 2 is 1.67 bits per heavy atom. The standard InChI is InChI=1S/C20H38S/c1-8-12-18(19(10-3)20(11-4)21-7)14-13-17(6)15-16(5)9-2/h13-14,16-18H,8-12,15H2,1-7H3/b14-13-,20-19+. The zero-order chi connectivity index (χ0) is 16.3. The second-order valence-electron chi connectivity index (χ2n) is 6.37. The van der Waals surface area contributed by atoms with Crippen LogP contribution in [0.15, 0.2) is 22.6 Å². The molecule has 0 aromatic carbocycles. The van der Waals surface area contributed by atoms with Crippen LogP contribution in [-0.4, -0.2) is 6.26 Å². The Bertz CT molecular complexity index is 308. The Morgan fingerprint density at radius 3 is 2.10 bits per heavy atom. The lowest BCUT2D eigenvalue weighted by molar-refractivity contribution is 0.453. The Balaban J connectivity index is 5.00. The molecule has 0 aromatic rings. The monoisotopic (exact) mass is 310 g/mol. The van der Waals surface area contributed by atoms with Gasteiger partial charge in [0.2, 0.25) is 0 Å². The molecule has 0 radical (unpaired) electrons. The van der Waals surface area contributed by atoms with E-state index in [1.807, 2.05) is 11.8 Å². The lowest BCUT2D eigenvalue weighted by Gasteiger charge is -2.20. The Hall–Kier alpha value is -0.170. The van der Waals surface area contributed by atoms with E-state index in [4.69, 9.17) is 0 Å². The molecule has 0 aliphatic rings. The van der Waals surface area contributed by atoms with Crippen LogP contribution in [-0.2, 0) is 0 Å². The molecule has 0 aromatic heterocycles. The molecule has 0 saturated carbocycles. The minimum Gasteiger partial charge on any atom is -0.134 e. The molecule has 0 aliphatic carbocycles. The summed E-state index contributed by atoms with van der Waals surface area (Å²) in [6, 6.07) is 0. The maximum Gasteiger partial charge on any atom is -0.00125 e. The summed E-state index contributed by atoms with van der Waals surface area (Å²) in [6.45, 7) is 14.0. The first-order valence-electron chi connectivity index (χ1n) is 8.97. The summed E-state index contributed by atoms with van der Waals surface area (Å²) in [4.78, 5) is 1.61. The van der Waals surface area contributed by atoms with Gasteiger partial charge in [-0.1, -0.05) is 72.1 Å². The average Bonchev–Trinajstić information content (AvgIpc) is 2.49. The molecular formula is C20H38S. The van der Waals surface area contributed by atoms with Crippen LogP contribution in [0.5, 0.6) is 0 Å². The van der Waals surface area contributed by atoms with E-state index in [2.05, 4.69) is 60.0 Å². The van der Waals surface area contributed by atoms with Crippen molar-refractivity contribution in [1.82, 2.24) is 0 Å². The van der Waals surface area contributed by atoms with Crippen LogP contribution < -0.4 is 0 Å². The minimum atomic E-state index is 0.654. The van der Waals surface area contributed by atoms with Crippen molar-refractivity contribution in [3.8, 4) is 0 Å². The van der Waals surface area contributed by atoms with E-state index in [1.165, 1.54) is 38.5 Å². The van der Waals surface area contributed by atoms with E-state index >= 15 is 0 Å². The van der Waals surface area contributed by atoms with Gasteiger partial charge in [0.25, 0.3) is 0 Å². The summed E-state index contributed by atoms with van der Waals surface area (Å²) in [5, 5.41) is 0. The van der Waals surface area contributed by atoms with Gasteiger partial charge < -0.3 is 0 Å². The molecule has 0 fully saturated rings. The van der Waals surface area contributed by atoms with Gasteiger partial charge in [-0.15, -0.1) is 11.8 Å². The van der Waals surface area contributed by atoms with Crippen molar-refractivity contribution in [1.29, 1.82) is 0 Å². The third-order valence-corrected chi connectivity index (χ3v) is 5.54. The third kappa shape index (κ3) is 8.14. The first kappa shape index (κ1) is 20.8. The predicted molar refractivity (Wildman–Crippen MR) is 102 cm³/mol. The van der Waals surface area contributed by atoms with Crippen molar-refractivity contribution in [2.75, 3.05) is 6.26 Å². The van der Waals surface area contributed by atoms with Gasteiger partial charge in [-0.25, -0.2) is 0 Å². The van der Waals surface area contributed by atoms with Crippen LogP contribution in [0.2, 0.25) is 0 Å². The number of rotatable bonds is 11. The fourth-order valence-corrected chi connectivity index (χ4v) is 3.92. The van der Waals surface area contributed by atoms with Crippen molar-refractivity contribution in [3.05, 3.63) is 22.6 Å². The van der Waals surface area contributed by atoms with E-state index in [-0.39, 0.29) is 0 Å². The largest absolute Gasteiger partial charge is 0.134 e. The van der Waals surface area contributed by atoms with Gasteiger partial charge in [-0.05, 0) is 54.6 Å². The van der Waals surface area contributed by atoms with Crippen LogP contribution in [0.25, 0.3) is 0 Å². The van der Waals surface area contributed by atoms with Crippen molar-refractivity contribution in [2.24, 2.45) is 17.8 Å². The zero-order valence-corrected chi connectivity index (χ0v) is 16.4. The van der Waals surface area contributed by atoms with Crippen molar-refractivity contribution >= 4 is 11.8 Å². The van der Waals surface area contributed by atoms with Crippen LogP contribution in [0.3, 0.4) is 0 Å². The molecular weight excluding hydrogens is 272 g/mol. The molecule has 0 N–H and O–H groups in total. The second kappa shape index (κ2) is 12.4. The van der Waals surface area contributed by atoms with Gasteiger partial charge in [0.05, 0.1) is 0 Å². The lowest BCUT2D eigenvalue weighted by Crippen LogP contribution is -2.05. The molecule has 0 nitrogen and oxygen atoms in total. The maximum atomic E-state index is 2.52. The topological polar surface area (TPSA) is 0 Å². The summed E-state index contributed by atoms with van der Waals surface area (Å²) in [6.07, 6.45) is 14.8. The highest BCUT2D eigenvalue weighted by Gasteiger charge is 2.14. The number of allylic oxidation sites excluding steroid dienone is 4. The summed E-state index contributed by atoms with van der Waals surface area (Å²) >= 11 is 1.95. The van der Waals surface area contributed by atoms with Gasteiger partial charge in [-0.2, -0.15) is 0 Å². The molecule has 0 aliphatic heterocycles. The third-order valence-electron chi connectivity index (χ3n) is 4.50. The first-order chi connectivity index (χ1) is 10.0. The Morgan fingerprint density at radius 1 is 1.00 bits per heavy atom. The highest BCUT2D eigenvalue weighted by Crippen LogP contribution is 2.32. The lowest BCUT2D eigenvalue weighted by atomic mass is 9.88. The molecule has 124 valence electrons. The van der Waals surface area contributed by atoms with Gasteiger partial charge in [0, 0.05) is 0 Å². The first-order valence-corrected chi connectivity index (χ1v) is 10.2. The molecule has 0 bridgehead atoms. The van der Waals surface area contributed by atoms with E-state index in [1.54, 1.807) is 10.5 Å². The smallest absolute Gasteiger partial charge is 0.00125 e. The summed E-state index contributed by atoms with van der Waals surface area (Å²) in [5.41, 5.74) is 1.68. The zero-order valence-electron chi connectivity index (χ0n) is 15.5. The van der Waals surface area contributed by atoms with E-state index in [0.717, 1.165) is 5.92 Å². The average molecular weight is 311 g/mol. The van der Waals surface area contributed by atoms with E-state index in [9.17, 15) is 0 Å². The predicted octanol–water partition coefficient (Wildman–Crippen LogP) is 7.47. The number of hydrogen-bond acceptors (Lipinski definition) is 1. The Kier molecular flexibility index (Phi) is 12.3. The Labute approximate surface area is 138 Å². The fourth-order valence-electron chi connectivity index (χ4n) is 3.07. The molecule has 0 saturated heterocycles. The van der Waals surface area contributed by atoms with Gasteiger partial charge >= 0.3 is 0 Å². The van der Waals surface area contributed by atoms with Crippen LogP contribution in [0.4, 0.5) is 0 Å². The van der Waals surface area contributed by atoms with E-state index in [0.29, 0.717) is 11.8 Å². The van der Waals surface area contributed by atoms with Crippen molar-refractivity contribution in [3.63, 3.8) is 0 Å². The molecule has 0 amide bonds. The molecule has 0 spiro atoms. The number of thioether (sulfide) groups is 1. The molecule has 3 atom stereocenters. The van der Waals surface area contributed by atoms with Gasteiger partial charge in [0.15, 0.2) is 0 Å².